The van der Waals surface area contributed by atoms with Gasteiger partial charge in [-0.25, -0.2) is 9.48 Å². The molecule has 0 radical (unpaired) electrons. The molecule has 2 rings (SSSR count). The van der Waals surface area contributed by atoms with Crippen molar-refractivity contribution in [3.05, 3.63) is 54.0 Å². The van der Waals surface area contributed by atoms with Crippen LogP contribution >= 0.6 is 0 Å². The van der Waals surface area contributed by atoms with Crippen LogP contribution in [0.15, 0.2) is 48.5 Å². The number of aliphatic carboxylic acids is 1. The van der Waals surface area contributed by atoms with Gasteiger partial charge in [-0.15, -0.1) is 0 Å². The highest BCUT2D eigenvalue weighted by atomic mass is 16.4. The van der Waals surface area contributed by atoms with Crippen LogP contribution in [0.5, 0.6) is 0 Å². The molecular weight excluding hydrogens is 220 g/mol. The highest BCUT2D eigenvalue weighted by Crippen LogP contribution is 2.09. The van der Waals surface area contributed by atoms with Crippen LogP contribution in [-0.2, 0) is 4.79 Å². The van der Waals surface area contributed by atoms with Crippen molar-refractivity contribution < 1.29 is 15.0 Å². The van der Waals surface area contributed by atoms with Crippen LogP contribution in [0, 0.1) is 0 Å². The number of para-hydroxylation sites is 1. The van der Waals surface area contributed by atoms with Gasteiger partial charge in [0.05, 0.1) is 11.9 Å². The lowest BCUT2D eigenvalue weighted by molar-refractivity contribution is -0.135. The predicted octanol–water partition coefficient (Wildman–Crippen LogP) is 1.86. The number of aliphatic hydroxyl groups excluding tert-OH is 1. The summed E-state index contributed by atoms with van der Waals surface area (Å²) in [7, 11) is 0. The fourth-order valence-corrected chi connectivity index (χ4v) is 1.35. The number of aromatic nitrogens is 2. The summed E-state index contributed by atoms with van der Waals surface area (Å²) in [6.45, 7) is 0. The summed E-state index contributed by atoms with van der Waals surface area (Å²) in [5, 5.41) is 21.7. The molecule has 0 unspecified atom stereocenters. The second-order valence-corrected chi connectivity index (χ2v) is 3.39. The van der Waals surface area contributed by atoms with E-state index in [1.807, 2.05) is 30.3 Å². The van der Waals surface area contributed by atoms with Crippen molar-refractivity contribution >= 4 is 12.0 Å². The van der Waals surface area contributed by atoms with Gasteiger partial charge in [-0.2, -0.15) is 5.10 Å². The maximum Gasteiger partial charge on any atom is 0.370 e. The minimum atomic E-state index is -1.36. The molecule has 17 heavy (non-hydrogen) atoms. The smallest absolute Gasteiger partial charge is 0.370 e. The average Bonchev–Trinajstić information content (AvgIpc) is 2.78. The normalized spacial score (nSPS) is 11.4. The lowest BCUT2D eigenvalue weighted by Crippen LogP contribution is -1.98. The summed E-state index contributed by atoms with van der Waals surface area (Å²) in [6, 6.07) is 9.39. The monoisotopic (exact) mass is 230 g/mol. The molecule has 1 heterocycles. The molecule has 0 aliphatic carbocycles. The van der Waals surface area contributed by atoms with Gasteiger partial charge in [0.2, 0.25) is 5.76 Å². The number of benzene rings is 1. The molecule has 0 aliphatic rings. The van der Waals surface area contributed by atoms with Crippen molar-refractivity contribution in [2.24, 2.45) is 0 Å². The van der Waals surface area contributed by atoms with Gasteiger partial charge in [0, 0.05) is 11.8 Å². The maximum atomic E-state index is 10.4. The molecule has 2 N–H and O–H groups in total. The van der Waals surface area contributed by atoms with Crippen molar-refractivity contribution in [3.63, 3.8) is 0 Å². The topological polar surface area (TPSA) is 75.3 Å². The molecule has 1 aromatic carbocycles. The molecule has 0 amide bonds. The molecule has 0 bridgehead atoms. The quantitative estimate of drug-likeness (QED) is 0.623. The van der Waals surface area contributed by atoms with Crippen molar-refractivity contribution in [3.8, 4) is 5.69 Å². The summed E-state index contributed by atoms with van der Waals surface area (Å²) in [5.41, 5.74) is 1.38. The summed E-state index contributed by atoms with van der Waals surface area (Å²) in [4.78, 5) is 10.4. The molecule has 5 heteroatoms. The molecular formula is C12H10N2O3. The highest BCUT2D eigenvalue weighted by Gasteiger charge is 2.05. The number of carbonyl (C=O) groups is 1. The Labute approximate surface area is 97.3 Å². The highest BCUT2D eigenvalue weighted by molar-refractivity contribution is 5.89. The zero-order valence-corrected chi connectivity index (χ0v) is 8.82. The van der Waals surface area contributed by atoms with Gasteiger partial charge in [-0.1, -0.05) is 18.2 Å². The van der Waals surface area contributed by atoms with E-state index in [-0.39, 0.29) is 0 Å². The first-order valence-electron chi connectivity index (χ1n) is 4.91. The van der Waals surface area contributed by atoms with E-state index in [0.29, 0.717) is 5.56 Å². The number of aliphatic hydroxyl groups is 1. The average molecular weight is 230 g/mol. The maximum absolute atomic E-state index is 10.4. The summed E-state index contributed by atoms with van der Waals surface area (Å²) in [6.07, 6.45) is 4.26. The first-order valence-corrected chi connectivity index (χ1v) is 4.91. The van der Waals surface area contributed by atoms with E-state index in [2.05, 4.69) is 5.10 Å². The first-order chi connectivity index (χ1) is 8.16. The van der Waals surface area contributed by atoms with Crippen molar-refractivity contribution in [2.75, 3.05) is 0 Å². The Morgan fingerprint density at radius 3 is 2.59 bits per heavy atom. The fraction of sp³-hybridized carbons (Fsp3) is 0. The van der Waals surface area contributed by atoms with E-state index < -0.39 is 11.7 Å². The second-order valence-electron chi connectivity index (χ2n) is 3.39. The van der Waals surface area contributed by atoms with E-state index in [0.717, 1.165) is 11.8 Å². The van der Waals surface area contributed by atoms with E-state index in [9.17, 15) is 4.79 Å². The Kier molecular flexibility index (Phi) is 2.91. The Morgan fingerprint density at radius 1 is 1.24 bits per heavy atom. The Bertz CT molecular complexity index is 558. The van der Waals surface area contributed by atoms with Gasteiger partial charge in [-0.05, 0) is 18.2 Å². The number of rotatable bonds is 3. The Hall–Kier alpha value is -2.56. The van der Waals surface area contributed by atoms with E-state index in [4.69, 9.17) is 10.2 Å². The lowest BCUT2D eigenvalue weighted by Gasteiger charge is -1.98. The third-order valence-electron chi connectivity index (χ3n) is 2.15. The molecule has 0 saturated heterocycles. The number of carboxylic acids is 1. The van der Waals surface area contributed by atoms with Crippen LogP contribution in [0.4, 0.5) is 0 Å². The molecule has 2 aromatic rings. The van der Waals surface area contributed by atoms with Gasteiger partial charge < -0.3 is 10.2 Å². The lowest BCUT2D eigenvalue weighted by atomic mass is 10.3. The van der Waals surface area contributed by atoms with Crippen LogP contribution in [0.2, 0.25) is 0 Å². The Balaban J connectivity index is 2.29. The molecule has 0 saturated carbocycles. The van der Waals surface area contributed by atoms with Gasteiger partial charge >= 0.3 is 5.97 Å². The fourth-order valence-electron chi connectivity index (χ4n) is 1.35. The van der Waals surface area contributed by atoms with Gasteiger partial charge in [0.1, 0.15) is 0 Å². The molecule has 0 spiro atoms. The number of carboxylic acid groups (broad SMARTS) is 1. The molecule has 1 aromatic heterocycles. The number of hydrogen-bond donors (Lipinski definition) is 2. The van der Waals surface area contributed by atoms with Crippen molar-refractivity contribution in [1.29, 1.82) is 0 Å². The van der Waals surface area contributed by atoms with Gasteiger partial charge in [-0.3, -0.25) is 0 Å². The minimum absolute atomic E-state index is 0.522. The summed E-state index contributed by atoms with van der Waals surface area (Å²) >= 11 is 0. The Morgan fingerprint density at radius 2 is 1.94 bits per heavy atom. The second kappa shape index (κ2) is 4.52. The third kappa shape index (κ3) is 2.52. The van der Waals surface area contributed by atoms with Crippen LogP contribution < -0.4 is 0 Å². The standard InChI is InChI=1S/C12H10N2O3/c15-11(12(16)17)6-9-7-13-14(8-9)10-4-2-1-3-5-10/h1-8,15H,(H,16,17). The predicted molar refractivity (Wildman–Crippen MR) is 61.8 cm³/mol. The minimum Gasteiger partial charge on any atom is -0.502 e. The molecule has 0 fully saturated rings. The SMILES string of the molecule is O=C(O)C(O)=Cc1cnn(-c2ccccc2)c1. The van der Waals surface area contributed by atoms with Gasteiger partial charge in [0.15, 0.2) is 0 Å². The van der Waals surface area contributed by atoms with E-state index in [1.165, 1.54) is 6.20 Å². The zero-order chi connectivity index (χ0) is 12.3. The van der Waals surface area contributed by atoms with Crippen molar-refractivity contribution in [1.82, 2.24) is 9.78 Å². The summed E-state index contributed by atoms with van der Waals surface area (Å²) in [5.74, 6) is -2.07. The number of hydrogen-bond acceptors (Lipinski definition) is 3. The van der Waals surface area contributed by atoms with Crippen molar-refractivity contribution in [2.45, 2.75) is 0 Å². The first kappa shape index (κ1) is 10.9. The van der Waals surface area contributed by atoms with E-state index >= 15 is 0 Å². The third-order valence-corrected chi connectivity index (χ3v) is 2.15. The van der Waals surface area contributed by atoms with Crippen LogP contribution in [-0.4, -0.2) is 26.0 Å². The van der Waals surface area contributed by atoms with E-state index in [1.54, 1.807) is 10.9 Å². The molecule has 0 aliphatic heterocycles. The molecule has 0 atom stereocenters. The van der Waals surface area contributed by atoms with Crippen LogP contribution in [0.3, 0.4) is 0 Å². The number of nitrogens with zero attached hydrogens (tertiary/aromatic N) is 2. The van der Waals surface area contributed by atoms with Crippen LogP contribution in [0.25, 0.3) is 11.8 Å². The molecule has 5 nitrogen and oxygen atoms in total. The van der Waals surface area contributed by atoms with Crippen LogP contribution in [0.1, 0.15) is 5.56 Å². The summed E-state index contributed by atoms with van der Waals surface area (Å²) < 4.78 is 1.60. The van der Waals surface area contributed by atoms with Gasteiger partial charge in [0.25, 0.3) is 0 Å². The largest absolute Gasteiger partial charge is 0.502 e. The molecule has 86 valence electrons. The zero-order valence-electron chi connectivity index (χ0n) is 8.82.